The maximum absolute atomic E-state index is 12.3. The molecular formula is C17H17NO6S. The van der Waals surface area contributed by atoms with Crippen LogP contribution in [-0.2, 0) is 19.6 Å². The van der Waals surface area contributed by atoms with Gasteiger partial charge in [0.05, 0.1) is 12.2 Å². The van der Waals surface area contributed by atoms with Gasteiger partial charge in [-0.15, -0.1) is 0 Å². The predicted octanol–water partition coefficient (Wildman–Crippen LogP) is 2.59. The van der Waals surface area contributed by atoms with E-state index in [9.17, 15) is 18.0 Å². The van der Waals surface area contributed by atoms with Gasteiger partial charge in [0.15, 0.2) is 0 Å². The number of ether oxygens (including phenoxy) is 1. The van der Waals surface area contributed by atoms with Crippen LogP contribution in [0.1, 0.15) is 24.2 Å². The molecule has 0 fully saturated rings. The Labute approximate surface area is 145 Å². The number of anilines is 1. The van der Waals surface area contributed by atoms with E-state index in [0.29, 0.717) is 11.3 Å². The van der Waals surface area contributed by atoms with Crippen LogP contribution in [0.2, 0.25) is 0 Å². The Bertz CT molecular complexity index is 857. The molecule has 0 aliphatic carbocycles. The van der Waals surface area contributed by atoms with Crippen molar-refractivity contribution in [2.24, 2.45) is 0 Å². The topological polar surface area (TPSA) is 98.8 Å². The number of carbonyl (C=O) groups is 2. The minimum atomic E-state index is -4.03. The zero-order valence-electron chi connectivity index (χ0n) is 13.7. The van der Waals surface area contributed by atoms with E-state index in [4.69, 9.17) is 8.92 Å². The van der Waals surface area contributed by atoms with Gasteiger partial charge in [-0.25, -0.2) is 4.79 Å². The highest BCUT2D eigenvalue weighted by molar-refractivity contribution is 7.87. The van der Waals surface area contributed by atoms with Crippen LogP contribution in [0.15, 0.2) is 53.4 Å². The minimum absolute atomic E-state index is 0.0592. The highest BCUT2D eigenvalue weighted by Crippen LogP contribution is 2.21. The maximum atomic E-state index is 12.3. The SMILES string of the molecule is CCOC(=O)c1ccc(OS(=O)(=O)c2ccc(NC(C)=O)cc2)cc1. The first-order valence-corrected chi connectivity index (χ1v) is 8.82. The van der Waals surface area contributed by atoms with Gasteiger partial charge in [-0.3, -0.25) is 4.79 Å². The van der Waals surface area contributed by atoms with Crippen LogP contribution >= 0.6 is 0 Å². The summed E-state index contributed by atoms with van der Waals surface area (Å²) in [7, 11) is -4.03. The smallest absolute Gasteiger partial charge is 0.339 e. The molecule has 132 valence electrons. The predicted molar refractivity (Wildman–Crippen MR) is 91.0 cm³/mol. The van der Waals surface area contributed by atoms with Gasteiger partial charge in [-0.05, 0) is 55.5 Å². The number of benzene rings is 2. The van der Waals surface area contributed by atoms with E-state index in [2.05, 4.69) is 5.32 Å². The molecule has 8 heteroatoms. The average molecular weight is 363 g/mol. The first-order valence-electron chi connectivity index (χ1n) is 7.41. The first-order chi connectivity index (χ1) is 11.8. The largest absolute Gasteiger partial charge is 0.462 e. The van der Waals surface area contributed by atoms with E-state index >= 15 is 0 Å². The second-order valence-corrected chi connectivity index (χ2v) is 6.53. The fourth-order valence-electron chi connectivity index (χ4n) is 1.94. The lowest BCUT2D eigenvalue weighted by molar-refractivity contribution is -0.114. The standard InChI is InChI=1S/C17H17NO6S/c1-3-23-17(20)13-4-8-15(9-5-13)24-25(21,22)16-10-6-14(7-11-16)18-12(2)19/h4-11H,3H2,1-2H3,(H,18,19). The molecule has 25 heavy (non-hydrogen) atoms. The van der Waals surface area contributed by atoms with Crippen molar-refractivity contribution in [1.82, 2.24) is 0 Å². The second kappa shape index (κ2) is 7.80. The summed E-state index contributed by atoms with van der Waals surface area (Å²) in [6, 6.07) is 11.2. The van der Waals surface area contributed by atoms with Crippen LogP contribution in [-0.4, -0.2) is 26.9 Å². The third-order valence-electron chi connectivity index (χ3n) is 3.03. The van der Waals surface area contributed by atoms with E-state index in [1.54, 1.807) is 6.92 Å². The summed E-state index contributed by atoms with van der Waals surface area (Å²) in [6.45, 7) is 3.30. The number of hydrogen-bond acceptors (Lipinski definition) is 6. The van der Waals surface area contributed by atoms with Crippen LogP contribution in [0, 0.1) is 0 Å². The molecule has 0 heterocycles. The van der Waals surface area contributed by atoms with Crippen LogP contribution in [0.5, 0.6) is 5.75 Å². The van der Waals surface area contributed by atoms with Gasteiger partial charge in [-0.1, -0.05) is 0 Å². The number of esters is 1. The number of amides is 1. The first kappa shape index (κ1) is 18.5. The Morgan fingerprint density at radius 2 is 1.60 bits per heavy atom. The fourth-order valence-corrected chi connectivity index (χ4v) is 2.87. The number of rotatable bonds is 6. The molecule has 1 amide bonds. The van der Waals surface area contributed by atoms with Crippen molar-refractivity contribution < 1.29 is 26.9 Å². The van der Waals surface area contributed by atoms with E-state index in [-0.39, 0.29) is 23.2 Å². The van der Waals surface area contributed by atoms with Crippen molar-refractivity contribution in [2.45, 2.75) is 18.7 Å². The summed E-state index contributed by atoms with van der Waals surface area (Å²) in [4.78, 5) is 22.5. The molecule has 0 aromatic heterocycles. The van der Waals surface area contributed by atoms with E-state index in [1.807, 2.05) is 0 Å². The highest BCUT2D eigenvalue weighted by atomic mass is 32.2. The van der Waals surface area contributed by atoms with E-state index in [1.165, 1.54) is 55.5 Å². The lowest BCUT2D eigenvalue weighted by atomic mass is 10.2. The van der Waals surface area contributed by atoms with Gasteiger partial charge in [-0.2, -0.15) is 8.42 Å². The molecule has 0 aliphatic rings. The summed E-state index contributed by atoms with van der Waals surface area (Å²) >= 11 is 0. The van der Waals surface area contributed by atoms with Crippen molar-refractivity contribution in [1.29, 1.82) is 0 Å². The van der Waals surface area contributed by atoms with Gasteiger partial charge in [0, 0.05) is 12.6 Å². The van der Waals surface area contributed by atoms with Crippen LogP contribution in [0.3, 0.4) is 0 Å². The molecule has 2 rings (SSSR count). The van der Waals surface area contributed by atoms with Crippen molar-refractivity contribution in [2.75, 3.05) is 11.9 Å². The molecular weight excluding hydrogens is 346 g/mol. The molecule has 2 aromatic rings. The monoisotopic (exact) mass is 363 g/mol. The molecule has 0 aliphatic heterocycles. The minimum Gasteiger partial charge on any atom is -0.462 e. The summed E-state index contributed by atoms with van der Waals surface area (Å²) in [5, 5.41) is 2.54. The summed E-state index contributed by atoms with van der Waals surface area (Å²) < 4.78 is 34.4. The zero-order chi connectivity index (χ0) is 18.4. The lowest BCUT2D eigenvalue weighted by Gasteiger charge is -2.08. The molecule has 1 N–H and O–H groups in total. The van der Waals surface area contributed by atoms with Crippen LogP contribution < -0.4 is 9.50 Å². The van der Waals surface area contributed by atoms with Gasteiger partial charge in [0.2, 0.25) is 5.91 Å². The highest BCUT2D eigenvalue weighted by Gasteiger charge is 2.17. The van der Waals surface area contributed by atoms with Crippen molar-refractivity contribution in [3.05, 3.63) is 54.1 Å². The third kappa shape index (κ3) is 5.05. The molecule has 0 saturated carbocycles. The van der Waals surface area contributed by atoms with Gasteiger partial charge < -0.3 is 14.2 Å². The fraction of sp³-hybridized carbons (Fsp3) is 0.176. The quantitative estimate of drug-likeness (QED) is 0.626. The normalized spacial score (nSPS) is 10.8. The third-order valence-corrected chi connectivity index (χ3v) is 4.30. The molecule has 2 aromatic carbocycles. The number of hydrogen-bond donors (Lipinski definition) is 1. The Morgan fingerprint density at radius 3 is 2.12 bits per heavy atom. The molecule has 0 bridgehead atoms. The maximum Gasteiger partial charge on any atom is 0.339 e. The Hall–Kier alpha value is -2.87. The van der Waals surface area contributed by atoms with Crippen molar-refractivity contribution in [3.8, 4) is 5.75 Å². The molecule has 0 spiro atoms. The number of carbonyl (C=O) groups excluding carboxylic acids is 2. The van der Waals surface area contributed by atoms with E-state index in [0.717, 1.165) is 0 Å². The second-order valence-electron chi connectivity index (χ2n) is 4.99. The number of nitrogens with one attached hydrogen (secondary N) is 1. The van der Waals surface area contributed by atoms with Crippen LogP contribution in [0.25, 0.3) is 0 Å². The van der Waals surface area contributed by atoms with Crippen molar-refractivity contribution in [3.63, 3.8) is 0 Å². The molecule has 0 unspecified atom stereocenters. The van der Waals surface area contributed by atoms with Gasteiger partial charge in [0.1, 0.15) is 10.6 Å². The van der Waals surface area contributed by atoms with Gasteiger partial charge in [0.25, 0.3) is 0 Å². The zero-order valence-corrected chi connectivity index (χ0v) is 14.5. The summed E-state index contributed by atoms with van der Waals surface area (Å²) in [6.07, 6.45) is 0. The summed E-state index contributed by atoms with van der Waals surface area (Å²) in [5.41, 5.74) is 0.775. The summed E-state index contributed by atoms with van der Waals surface area (Å²) in [5.74, 6) is -0.682. The molecule has 0 atom stereocenters. The molecule has 0 radical (unpaired) electrons. The molecule has 7 nitrogen and oxygen atoms in total. The van der Waals surface area contributed by atoms with E-state index < -0.39 is 16.1 Å². The Balaban J connectivity index is 2.12. The Kier molecular flexibility index (Phi) is 5.76. The van der Waals surface area contributed by atoms with Crippen LogP contribution in [0.4, 0.5) is 5.69 Å². The van der Waals surface area contributed by atoms with Crippen molar-refractivity contribution >= 4 is 27.7 Å². The molecule has 0 saturated heterocycles. The Morgan fingerprint density at radius 1 is 1.00 bits per heavy atom. The van der Waals surface area contributed by atoms with Gasteiger partial charge >= 0.3 is 16.1 Å². The lowest BCUT2D eigenvalue weighted by Crippen LogP contribution is -2.11. The average Bonchev–Trinajstić information content (AvgIpc) is 2.55.